The maximum absolute atomic E-state index is 10.8. The fourth-order valence-corrected chi connectivity index (χ4v) is 2.51. The van der Waals surface area contributed by atoms with Crippen LogP contribution in [0.5, 0.6) is 0 Å². The molecule has 12 nitrogen and oxygen atoms in total. The van der Waals surface area contributed by atoms with Gasteiger partial charge in [0.15, 0.2) is 0 Å². The Labute approximate surface area is 168 Å². The number of aromatic nitrogens is 3. The van der Waals surface area contributed by atoms with Gasteiger partial charge in [-0.1, -0.05) is 5.21 Å². The Kier molecular flexibility index (Phi) is 11.8. The zero-order valence-electron chi connectivity index (χ0n) is 16.4. The van der Waals surface area contributed by atoms with Crippen LogP contribution in [0.25, 0.3) is 0 Å². The molecule has 0 saturated heterocycles. The highest BCUT2D eigenvalue weighted by Gasteiger charge is 2.34. The molecule has 0 unspecified atom stereocenters. The van der Waals surface area contributed by atoms with E-state index in [9.17, 15) is 30.3 Å². The second kappa shape index (κ2) is 13.5. The van der Waals surface area contributed by atoms with Crippen molar-refractivity contribution in [2.24, 2.45) is 11.1 Å². The number of carbonyl (C=O) groups excluding carboxylic acids is 1. The largest absolute Gasteiger partial charge is 0.396 e. The first-order chi connectivity index (χ1) is 13.9. The van der Waals surface area contributed by atoms with E-state index in [0.29, 0.717) is 18.5 Å². The Balaban J connectivity index is 2.85. The average Bonchev–Trinajstić information content (AvgIpc) is 3.15. The minimum absolute atomic E-state index is 0.0876. The number of primary amides is 1. The fourth-order valence-electron chi connectivity index (χ4n) is 2.51. The Morgan fingerprint density at radius 1 is 1.07 bits per heavy atom. The summed E-state index contributed by atoms with van der Waals surface area (Å²) in [5.41, 5.74) is 4.72. The van der Waals surface area contributed by atoms with Gasteiger partial charge in [-0.05, 0) is 12.8 Å². The van der Waals surface area contributed by atoms with Crippen molar-refractivity contribution in [1.82, 2.24) is 15.0 Å². The van der Waals surface area contributed by atoms with Gasteiger partial charge in [-0.25, -0.2) is 0 Å². The number of carbonyl (C=O) groups is 1. The monoisotopic (exact) mass is 420 g/mol. The summed E-state index contributed by atoms with van der Waals surface area (Å²) in [6.45, 7) is -2.05. The van der Waals surface area contributed by atoms with E-state index < -0.39 is 56.6 Å². The first kappa shape index (κ1) is 25.4. The average molecular weight is 420 g/mol. The molecule has 1 rings (SSSR count). The molecule has 0 aliphatic rings. The van der Waals surface area contributed by atoms with Gasteiger partial charge < -0.3 is 40.7 Å². The predicted molar refractivity (Wildman–Crippen MR) is 99.5 cm³/mol. The van der Waals surface area contributed by atoms with Crippen molar-refractivity contribution in [2.75, 3.05) is 46.2 Å². The molecule has 1 aromatic heterocycles. The van der Waals surface area contributed by atoms with Crippen molar-refractivity contribution < 1.29 is 39.8 Å². The van der Waals surface area contributed by atoms with Gasteiger partial charge in [0.2, 0.25) is 5.91 Å². The molecule has 0 saturated carbocycles. The molecule has 7 N–H and O–H groups in total. The lowest BCUT2D eigenvalue weighted by Gasteiger charge is -2.33. The van der Waals surface area contributed by atoms with E-state index in [1.165, 1.54) is 4.68 Å². The third-order valence-corrected chi connectivity index (χ3v) is 4.34. The summed E-state index contributed by atoms with van der Waals surface area (Å²) in [5.74, 6) is -0.393. The predicted octanol–water partition coefficient (Wildman–Crippen LogP) is -3.20. The quantitative estimate of drug-likeness (QED) is 0.149. The molecule has 0 spiro atoms. The van der Waals surface area contributed by atoms with Crippen LogP contribution in [-0.4, -0.2) is 105 Å². The van der Waals surface area contributed by atoms with Crippen LogP contribution in [0.15, 0.2) is 6.20 Å². The number of nitrogens with two attached hydrogens (primary N) is 1. The van der Waals surface area contributed by atoms with Crippen LogP contribution in [0.1, 0.15) is 18.5 Å². The number of amides is 1. The zero-order valence-corrected chi connectivity index (χ0v) is 16.4. The summed E-state index contributed by atoms with van der Waals surface area (Å²) in [6.07, 6.45) is 1.30. The minimum Gasteiger partial charge on any atom is -0.396 e. The maximum Gasteiger partial charge on any atom is 0.217 e. The molecular formula is C17H32N4O8. The highest BCUT2D eigenvalue weighted by Crippen LogP contribution is 2.22. The lowest BCUT2D eigenvalue weighted by molar-refractivity contribution is -0.123. The molecule has 0 aromatic carbocycles. The lowest BCUT2D eigenvalue weighted by Crippen LogP contribution is -2.44. The molecule has 1 amide bonds. The smallest absolute Gasteiger partial charge is 0.217 e. The van der Waals surface area contributed by atoms with Crippen molar-refractivity contribution in [3.05, 3.63) is 11.9 Å². The number of aryl methyl sites for hydroxylation is 1. The lowest BCUT2D eigenvalue weighted by atomic mass is 9.90. The van der Waals surface area contributed by atoms with Gasteiger partial charge in [-0.2, -0.15) is 0 Å². The van der Waals surface area contributed by atoms with Crippen LogP contribution >= 0.6 is 0 Å². The van der Waals surface area contributed by atoms with Gasteiger partial charge in [0.1, 0.15) is 12.2 Å². The van der Waals surface area contributed by atoms with Crippen molar-refractivity contribution >= 4 is 5.91 Å². The number of ether oxygens (including phenoxy) is 2. The molecule has 12 heteroatoms. The molecule has 29 heavy (non-hydrogen) atoms. The number of aliphatic hydroxyl groups excluding tert-OH is 5. The normalized spacial score (nSPS) is 12.2. The highest BCUT2D eigenvalue weighted by molar-refractivity contribution is 5.73. The SMILES string of the molecule is NC(=O)CCCc1cn(CC(CO)(COC(CO)CO)COC(CO)CO)nn1. The second-order valence-electron chi connectivity index (χ2n) is 6.98. The van der Waals surface area contributed by atoms with E-state index in [1.807, 2.05) is 0 Å². The number of nitrogens with zero attached hydrogens (tertiary/aromatic N) is 3. The van der Waals surface area contributed by atoms with E-state index in [2.05, 4.69) is 10.3 Å². The van der Waals surface area contributed by atoms with E-state index >= 15 is 0 Å². The molecular weight excluding hydrogens is 388 g/mol. The van der Waals surface area contributed by atoms with E-state index in [0.717, 1.165) is 0 Å². The first-order valence-corrected chi connectivity index (χ1v) is 9.36. The summed E-state index contributed by atoms with van der Waals surface area (Å²) in [4.78, 5) is 10.8. The van der Waals surface area contributed by atoms with Crippen LogP contribution < -0.4 is 5.73 Å². The summed E-state index contributed by atoms with van der Waals surface area (Å²) >= 11 is 0. The van der Waals surface area contributed by atoms with Crippen LogP contribution in [0.3, 0.4) is 0 Å². The van der Waals surface area contributed by atoms with Crippen molar-refractivity contribution in [3.8, 4) is 0 Å². The van der Waals surface area contributed by atoms with E-state index in [1.54, 1.807) is 6.20 Å². The van der Waals surface area contributed by atoms with Gasteiger partial charge in [0, 0.05) is 12.6 Å². The van der Waals surface area contributed by atoms with Crippen molar-refractivity contribution in [2.45, 2.75) is 38.0 Å². The van der Waals surface area contributed by atoms with Crippen LogP contribution in [0.2, 0.25) is 0 Å². The third kappa shape index (κ3) is 9.12. The molecule has 0 radical (unpaired) electrons. The van der Waals surface area contributed by atoms with Crippen molar-refractivity contribution in [3.63, 3.8) is 0 Å². The Bertz CT molecular complexity index is 562. The molecule has 0 aliphatic carbocycles. The zero-order chi connectivity index (χ0) is 21.7. The summed E-state index contributed by atoms with van der Waals surface area (Å²) < 4.78 is 12.5. The van der Waals surface area contributed by atoms with Crippen LogP contribution in [0.4, 0.5) is 0 Å². The number of aliphatic hydroxyl groups is 5. The fraction of sp³-hybridized carbons (Fsp3) is 0.824. The minimum atomic E-state index is -1.04. The Morgan fingerprint density at radius 2 is 1.62 bits per heavy atom. The molecule has 0 fully saturated rings. The maximum atomic E-state index is 10.8. The van der Waals surface area contributed by atoms with Crippen molar-refractivity contribution in [1.29, 1.82) is 0 Å². The topological polar surface area (TPSA) is 193 Å². The number of rotatable bonds is 17. The molecule has 1 aromatic rings. The van der Waals surface area contributed by atoms with Gasteiger partial charge >= 0.3 is 0 Å². The number of hydrogen-bond acceptors (Lipinski definition) is 10. The van der Waals surface area contributed by atoms with Gasteiger partial charge in [-0.15, -0.1) is 5.10 Å². The highest BCUT2D eigenvalue weighted by atomic mass is 16.5. The van der Waals surface area contributed by atoms with Gasteiger partial charge in [-0.3, -0.25) is 9.48 Å². The standard InChI is InChI=1S/C17H32N4O8/c18-16(27)3-1-2-13-4-21(20-19-13)9-17(10-26,11-28-14(5-22)6-23)12-29-15(7-24)8-25/h4,14-15,22-26H,1-3,5-12H2,(H2,18,27). The van der Waals surface area contributed by atoms with E-state index in [-0.39, 0.29) is 26.2 Å². The van der Waals surface area contributed by atoms with Crippen LogP contribution in [0, 0.1) is 5.41 Å². The van der Waals surface area contributed by atoms with Gasteiger partial charge in [0.05, 0.1) is 63.9 Å². The van der Waals surface area contributed by atoms with Crippen LogP contribution in [-0.2, 0) is 27.2 Å². The summed E-state index contributed by atoms with van der Waals surface area (Å²) in [7, 11) is 0. The van der Waals surface area contributed by atoms with Gasteiger partial charge in [0.25, 0.3) is 0 Å². The molecule has 0 atom stereocenters. The molecule has 168 valence electrons. The number of hydrogen-bond donors (Lipinski definition) is 6. The van der Waals surface area contributed by atoms with E-state index in [4.69, 9.17) is 15.2 Å². The Morgan fingerprint density at radius 3 is 2.07 bits per heavy atom. The second-order valence-corrected chi connectivity index (χ2v) is 6.98. The third-order valence-electron chi connectivity index (χ3n) is 4.34. The molecule has 0 bridgehead atoms. The molecule has 0 aliphatic heterocycles. The Hall–Kier alpha value is -1.67. The summed E-state index contributed by atoms with van der Waals surface area (Å²) in [5, 5.41) is 54.9. The molecule has 1 heterocycles. The first-order valence-electron chi connectivity index (χ1n) is 9.36. The summed E-state index contributed by atoms with van der Waals surface area (Å²) in [6, 6.07) is 0.